The van der Waals surface area contributed by atoms with Gasteiger partial charge >= 0.3 is 0 Å². The molecule has 1 rings (SSSR count). The van der Waals surface area contributed by atoms with E-state index < -0.39 is 24.3 Å². The van der Waals surface area contributed by atoms with Crippen molar-refractivity contribution >= 4 is 5.95 Å². The Morgan fingerprint density at radius 2 is 1.94 bits per heavy atom. The zero-order valence-corrected chi connectivity index (χ0v) is 8.20. The molecule has 90 valence electrons. The first-order chi connectivity index (χ1) is 7.47. The highest BCUT2D eigenvalue weighted by Gasteiger charge is 2.33. The van der Waals surface area contributed by atoms with Crippen molar-refractivity contribution in [2.45, 2.75) is 18.8 Å². The highest BCUT2D eigenvalue weighted by atomic mass is 19.3. The van der Waals surface area contributed by atoms with Crippen LogP contribution < -0.4 is 10.5 Å². The Bertz CT molecular complexity index is 363. The van der Waals surface area contributed by atoms with Gasteiger partial charge in [0.05, 0.1) is 12.7 Å². The molecule has 2 unspecified atom stereocenters. The van der Waals surface area contributed by atoms with E-state index >= 15 is 0 Å². The normalized spacial score (nSPS) is 14.9. The number of anilines is 1. The number of nitrogens with two attached hydrogens (primary N) is 1. The molecular weight excluding hydrogens is 230 g/mol. The Kier molecular flexibility index (Phi) is 3.86. The van der Waals surface area contributed by atoms with Crippen LogP contribution in [0.25, 0.3) is 0 Å². The standard InChI is InChI=1S/C8H9F4N3O/c1-16-7-3(2-14-8(13)15-7)4(9)5(10)6(11)12/h2,4-6H,1H3,(H2,13,14,15). The molecule has 0 amide bonds. The summed E-state index contributed by atoms with van der Waals surface area (Å²) in [6, 6.07) is 0. The predicted molar refractivity (Wildman–Crippen MR) is 47.7 cm³/mol. The quantitative estimate of drug-likeness (QED) is 0.812. The zero-order valence-electron chi connectivity index (χ0n) is 8.20. The van der Waals surface area contributed by atoms with Gasteiger partial charge in [-0.1, -0.05) is 0 Å². The van der Waals surface area contributed by atoms with Crippen LogP contribution in [0.2, 0.25) is 0 Å². The Balaban J connectivity index is 3.03. The summed E-state index contributed by atoms with van der Waals surface area (Å²) in [4.78, 5) is 6.83. The predicted octanol–water partition coefficient (Wildman–Crippen LogP) is 1.68. The first-order valence-corrected chi connectivity index (χ1v) is 4.20. The molecule has 0 aliphatic heterocycles. The summed E-state index contributed by atoms with van der Waals surface area (Å²) in [6.07, 6.45) is -8.13. The molecule has 8 heteroatoms. The molecule has 0 aliphatic carbocycles. The largest absolute Gasteiger partial charge is 0.481 e. The molecule has 1 heterocycles. The zero-order chi connectivity index (χ0) is 12.3. The number of halogens is 4. The van der Waals surface area contributed by atoms with Crippen molar-refractivity contribution in [2.75, 3.05) is 12.8 Å². The molecule has 0 fully saturated rings. The number of aromatic nitrogens is 2. The third-order valence-electron chi connectivity index (χ3n) is 1.81. The van der Waals surface area contributed by atoms with Crippen LogP contribution >= 0.6 is 0 Å². The van der Waals surface area contributed by atoms with Crippen LogP contribution in [-0.2, 0) is 0 Å². The van der Waals surface area contributed by atoms with E-state index in [4.69, 9.17) is 5.73 Å². The molecule has 0 aromatic carbocycles. The van der Waals surface area contributed by atoms with Gasteiger partial charge in [0.1, 0.15) is 0 Å². The van der Waals surface area contributed by atoms with Crippen molar-refractivity contribution in [3.63, 3.8) is 0 Å². The van der Waals surface area contributed by atoms with Gasteiger partial charge in [-0.2, -0.15) is 4.98 Å². The van der Waals surface area contributed by atoms with Gasteiger partial charge in [0, 0.05) is 6.20 Å². The Morgan fingerprint density at radius 3 is 2.44 bits per heavy atom. The molecule has 0 aliphatic rings. The van der Waals surface area contributed by atoms with Crippen molar-refractivity contribution < 1.29 is 22.3 Å². The molecule has 16 heavy (non-hydrogen) atoms. The van der Waals surface area contributed by atoms with E-state index in [0.29, 0.717) is 0 Å². The summed E-state index contributed by atoms with van der Waals surface area (Å²) in [5.41, 5.74) is 4.68. The monoisotopic (exact) mass is 239 g/mol. The van der Waals surface area contributed by atoms with Gasteiger partial charge in [-0.3, -0.25) is 0 Å². The first-order valence-electron chi connectivity index (χ1n) is 4.20. The van der Waals surface area contributed by atoms with E-state index in [1.165, 1.54) is 0 Å². The van der Waals surface area contributed by atoms with Crippen molar-refractivity contribution in [1.82, 2.24) is 9.97 Å². The van der Waals surface area contributed by atoms with Crippen molar-refractivity contribution in [3.8, 4) is 5.88 Å². The highest BCUT2D eigenvalue weighted by molar-refractivity contribution is 5.32. The minimum absolute atomic E-state index is 0.222. The molecule has 0 saturated carbocycles. The Hall–Kier alpha value is -1.60. The van der Waals surface area contributed by atoms with Gasteiger partial charge < -0.3 is 10.5 Å². The molecule has 4 nitrogen and oxygen atoms in total. The van der Waals surface area contributed by atoms with Crippen LogP contribution in [0.1, 0.15) is 11.7 Å². The number of nitrogen functional groups attached to an aromatic ring is 1. The van der Waals surface area contributed by atoms with Crippen molar-refractivity contribution in [3.05, 3.63) is 11.8 Å². The van der Waals surface area contributed by atoms with Crippen LogP contribution in [0, 0.1) is 0 Å². The van der Waals surface area contributed by atoms with Crippen LogP contribution in [0.15, 0.2) is 6.20 Å². The minimum atomic E-state index is -3.43. The third kappa shape index (κ3) is 2.50. The first kappa shape index (κ1) is 12.5. The van der Waals surface area contributed by atoms with Crippen LogP contribution in [-0.4, -0.2) is 29.7 Å². The maximum Gasteiger partial charge on any atom is 0.272 e. The number of hydrogen-bond donors (Lipinski definition) is 1. The van der Waals surface area contributed by atoms with E-state index in [-0.39, 0.29) is 11.8 Å². The molecule has 0 saturated heterocycles. The Labute approximate surface area is 88.4 Å². The van der Waals surface area contributed by atoms with Crippen LogP contribution in [0.4, 0.5) is 23.5 Å². The fraction of sp³-hybridized carbons (Fsp3) is 0.500. The summed E-state index contributed by atoms with van der Waals surface area (Å²) < 4.78 is 54.6. The Morgan fingerprint density at radius 1 is 1.31 bits per heavy atom. The number of rotatable bonds is 4. The second-order valence-electron chi connectivity index (χ2n) is 2.87. The maximum absolute atomic E-state index is 13.3. The van der Waals surface area contributed by atoms with E-state index in [1.807, 2.05) is 0 Å². The number of nitrogens with zero attached hydrogens (tertiary/aromatic N) is 2. The van der Waals surface area contributed by atoms with Crippen LogP contribution in [0.3, 0.4) is 0 Å². The van der Waals surface area contributed by atoms with Gasteiger partial charge in [0.2, 0.25) is 11.8 Å². The van der Waals surface area contributed by atoms with E-state index in [2.05, 4.69) is 14.7 Å². The van der Waals surface area contributed by atoms with E-state index in [1.54, 1.807) is 0 Å². The van der Waals surface area contributed by atoms with E-state index in [9.17, 15) is 17.6 Å². The number of hydrogen-bond acceptors (Lipinski definition) is 4. The highest BCUT2D eigenvalue weighted by Crippen LogP contribution is 2.32. The summed E-state index contributed by atoms with van der Waals surface area (Å²) in [7, 11) is 1.13. The molecule has 2 atom stereocenters. The second kappa shape index (κ2) is 4.95. The average molecular weight is 239 g/mol. The van der Waals surface area contributed by atoms with Gasteiger partial charge in [0.15, 0.2) is 12.3 Å². The van der Waals surface area contributed by atoms with Gasteiger partial charge in [-0.05, 0) is 0 Å². The van der Waals surface area contributed by atoms with Gasteiger partial charge in [-0.15, -0.1) is 0 Å². The van der Waals surface area contributed by atoms with Gasteiger partial charge in [0.25, 0.3) is 6.43 Å². The summed E-state index contributed by atoms with van der Waals surface area (Å²) in [5, 5.41) is 0. The smallest absolute Gasteiger partial charge is 0.272 e. The fourth-order valence-electron chi connectivity index (χ4n) is 1.04. The lowest BCUT2D eigenvalue weighted by molar-refractivity contribution is 0.00194. The lowest BCUT2D eigenvalue weighted by atomic mass is 10.1. The van der Waals surface area contributed by atoms with Crippen LogP contribution in [0.5, 0.6) is 5.88 Å². The topological polar surface area (TPSA) is 61.0 Å². The SMILES string of the molecule is COc1nc(N)ncc1C(F)C(F)C(F)F. The molecule has 2 N–H and O–H groups in total. The number of ether oxygens (including phenoxy) is 1. The van der Waals surface area contributed by atoms with Crippen molar-refractivity contribution in [1.29, 1.82) is 0 Å². The fourth-order valence-corrected chi connectivity index (χ4v) is 1.04. The molecule has 0 spiro atoms. The molecular formula is C8H9F4N3O. The lowest BCUT2D eigenvalue weighted by Crippen LogP contribution is -2.20. The molecule has 1 aromatic heterocycles. The van der Waals surface area contributed by atoms with E-state index in [0.717, 1.165) is 13.3 Å². The third-order valence-corrected chi connectivity index (χ3v) is 1.81. The maximum atomic E-state index is 13.3. The van der Waals surface area contributed by atoms with Gasteiger partial charge in [-0.25, -0.2) is 22.5 Å². The van der Waals surface area contributed by atoms with Crippen molar-refractivity contribution in [2.24, 2.45) is 0 Å². The lowest BCUT2D eigenvalue weighted by Gasteiger charge is -2.14. The molecule has 0 bridgehead atoms. The molecule has 0 radical (unpaired) electrons. The summed E-state index contributed by atoms with van der Waals surface area (Å²) >= 11 is 0. The summed E-state index contributed by atoms with van der Waals surface area (Å²) in [6.45, 7) is 0. The second-order valence-corrected chi connectivity index (χ2v) is 2.87. The average Bonchev–Trinajstić information content (AvgIpc) is 2.26. The minimum Gasteiger partial charge on any atom is -0.481 e. The summed E-state index contributed by atoms with van der Waals surface area (Å²) in [5.74, 6) is -0.580. The number of alkyl halides is 4. The number of methoxy groups -OCH3 is 1. The molecule has 1 aromatic rings.